The van der Waals surface area contributed by atoms with Crippen molar-refractivity contribution in [1.29, 1.82) is 0 Å². The van der Waals surface area contributed by atoms with Gasteiger partial charge in [0, 0.05) is 6.08 Å². The van der Waals surface area contributed by atoms with Crippen LogP contribution in [0.1, 0.15) is 15.2 Å². The van der Waals surface area contributed by atoms with Crippen LogP contribution in [0.25, 0.3) is 6.08 Å². The van der Waals surface area contributed by atoms with Crippen LogP contribution >= 0.6 is 27.3 Å². The summed E-state index contributed by atoms with van der Waals surface area (Å²) in [5.74, 6) is -0.736. The predicted octanol–water partition coefficient (Wildman–Crippen LogP) is 3.95. The maximum absolute atomic E-state index is 11.7. The van der Waals surface area contributed by atoms with Crippen molar-refractivity contribution in [2.75, 3.05) is 6.61 Å². The van der Waals surface area contributed by atoms with Gasteiger partial charge in [0.15, 0.2) is 6.61 Å². The third-order valence-corrected chi connectivity index (χ3v) is 4.07. The zero-order valence-corrected chi connectivity index (χ0v) is 12.8. The van der Waals surface area contributed by atoms with E-state index in [0.29, 0.717) is 4.88 Å². The van der Waals surface area contributed by atoms with Gasteiger partial charge < -0.3 is 4.74 Å². The Hall–Kier alpha value is -1.72. The van der Waals surface area contributed by atoms with E-state index in [2.05, 4.69) is 15.9 Å². The van der Waals surface area contributed by atoms with Crippen molar-refractivity contribution in [2.24, 2.45) is 0 Å². The van der Waals surface area contributed by atoms with Crippen molar-refractivity contribution in [3.05, 3.63) is 62.8 Å². The van der Waals surface area contributed by atoms with E-state index in [1.165, 1.54) is 17.4 Å². The Kier molecular flexibility index (Phi) is 5.26. The minimum absolute atomic E-state index is 0.206. The molecule has 0 N–H and O–H groups in total. The van der Waals surface area contributed by atoms with Gasteiger partial charge >= 0.3 is 5.97 Å². The number of thiophene rings is 1. The lowest BCUT2D eigenvalue weighted by Gasteiger charge is -1.99. The number of ether oxygens (including phenoxy) is 1. The van der Waals surface area contributed by atoms with Crippen LogP contribution in [0.15, 0.2) is 52.3 Å². The van der Waals surface area contributed by atoms with E-state index in [1.54, 1.807) is 18.2 Å². The van der Waals surface area contributed by atoms with Gasteiger partial charge in [-0.05, 0) is 39.7 Å². The standard InChI is InChI=1S/C15H11BrO3S/c16-14-8-7-13(20-14)12(17)10-19-15(18)9-6-11-4-2-1-3-5-11/h1-9H,10H2/b9-6+. The van der Waals surface area contributed by atoms with Crippen molar-refractivity contribution in [1.82, 2.24) is 0 Å². The van der Waals surface area contributed by atoms with Crippen LogP contribution in [0.2, 0.25) is 0 Å². The smallest absolute Gasteiger partial charge is 0.331 e. The second-order valence-corrected chi connectivity index (χ2v) is 6.34. The molecular weight excluding hydrogens is 340 g/mol. The molecule has 0 aliphatic heterocycles. The molecule has 2 rings (SSSR count). The summed E-state index contributed by atoms with van der Waals surface area (Å²) in [5.41, 5.74) is 0.901. The Labute approximate surface area is 129 Å². The number of carbonyl (C=O) groups excluding carboxylic acids is 2. The maximum Gasteiger partial charge on any atom is 0.331 e. The Morgan fingerprint density at radius 3 is 2.55 bits per heavy atom. The summed E-state index contributed by atoms with van der Waals surface area (Å²) in [6.45, 7) is -0.245. The van der Waals surface area contributed by atoms with Gasteiger partial charge in [-0.15, -0.1) is 11.3 Å². The lowest BCUT2D eigenvalue weighted by Crippen LogP contribution is -2.11. The first kappa shape index (κ1) is 14.7. The Balaban J connectivity index is 1.83. The monoisotopic (exact) mass is 350 g/mol. The number of carbonyl (C=O) groups is 2. The number of esters is 1. The molecule has 1 heterocycles. The molecule has 0 aliphatic carbocycles. The summed E-state index contributed by atoms with van der Waals surface area (Å²) in [5, 5.41) is 0. The van der Waals surface area contributed by atoms with E-state index in [0.717, 1.165) is 9.35 Å². The highest BCUT2D eigenvalue weighted by Gasteiger charge is 2.10. The number of Topliss-reactive ketones (excluding diaryl/α,β-unsaturated/α-hetero) is 1. The van der Waals surface area contributed by atoms with Gasteiger partial charge in [-0.3, -0.25) is 4.79 Å². The van der Waals surface area contributed by atoms with Gasteiger partial charge in [-0.2, -0.15) is 0 Å². The Morgan fingerprint density at radius 1 is 1.15 bits per heavy atom. The van der Waals surface area contributed by atoms with Crippen LogP contribution in [0, 0.1) is 0 Å². The summed E-state index contributed by atoms with van der Waals surface area (Å²) in [6, 6.07) is 12.9. The SMILES string of the molecule is O=C(/C=C/c1ccccc1)OCC(=O)c1ccc(Br)s1. The molecule has 5 heteroatoms. The molecule has 1 aromatic carbocycles. The van der Waals surface area contributed by atoms with Crippen LogP contribution < -0.4 is 0 Å². The molecule has 0 bridgehead atoms. The number of benzene rings is 1. The zero-order chi connectivity index (χ0) is 14.4. The highest BCUT2D eigenvalue weighted by atomic mass is 79.9. The van der Waals surface area contributed by atoms with Crippen LogP contribution in [-0.4, -0.2) is 18.4 Å². The number of ketones is 1. The van der Waals surface area contributed by atoms with Gasteiger partial charge in [0.05, 0.1) is 8.66 Å². The molecule has 0 radical (unpaired) electrons. The summed E-state index contributed by atoms with van der Waals surface area (Å²) in [7, 11) is 0. The van der Waals surface area contributed by atoms with Gasteiger partial charge in [0.2, 0.25) is 5.78 Å². The van der Waals surface area contributed by atoms with Crippen molar-refractivity contribution in [3.8, 4) is 0 Å². The van der Waals surface area contributed by atoms with Crippen LogP contribution in [0.4, 0.5) is 0 Å². The van der Waals surface area contributed by atoms with E-state index in [1.807, 2.05) is 30.3 Å². The summed E-state index contributed by atoms with van der Waals surface area (Å²) in [4.78, 5) is 23.8. The molecule has 1 aromatic heterocycles. The normalized spacial score (nSPS) is 10.7. The average molecular weight is 351 g/mol. The topological polar surface area (TPSA) is 43.4 Å². The average Bonchev–Trinajstić information content (AvgIpc) is 2.90. The van der Waals surface area contributed by atoms with E-state index < -0.39 is 5.97 Å². The molecule has 0 amide bonds. The molecule has 0 fully saturated rings. The predicted molar refractivity (Wildman–Crippen MR) is 82.8 cm³/mol. The van der Waals surface area contributed by atoms with Crippen molar-refractivity contribution < 1.29 is 14.3 Å². The van der Waals surface area contributed by atoms with Crippen LogP contribution in [0.5, 0.6) is 0 Å². The summed E-state index contributed by atoms with van der Waals surface area (Å²) >= 11 is 4.59. The van der Waals surface area contributed by atoms with Crippen LogP contribution in [-0.2, 0) is 9.53 Å². The summed E-state index contributed by atoms with van der Waals surface area (Å²) < 4.78 is 5.78. The van der Waals surface area contributed by atoms with Gasteiger partial charge in [0.1, 0.15) is 0 Å². The third-order valence-electron chi connectivity index (χ3n) is 2.40. The van der Waals surface area contributed by atoms with Gasteiger partial charge in [-0.25, -0.2) is 4.79 Å². The van der Waals surface area contributed by atoms with E-state index in [4.69, 9.17) is 4.74 Å². The second kappa shape index (κ2) is 7.17. The fourth-order valence-corrected chi connectivity index (χ4v) is 2.76. The number of halogens is 1. The van der Waals surface area contributed by atoms with E-state index in [9.17, 15) is 9.59 Å². The van der Waals surface area contributed by atoms with Crippen molar-refractivity contribution in [2.45, 2.75) is 0 Å². The minimum Gasteiger partial charge on any atom is -0.454 e. The molecule has 0 spiro atoms. The molecule has 102 valence electrons. The second-order valence-electron chi connectivity index (χ2n) is 3.88. The molecule has 0 unspecified atom stereocenters. The van der Waals surface area contributed by atoms with Crippen molar-refractivity contribution >= 4 is 45.1 Å². The fraction of sp³-hybridized carbons (Fsp3) is 0.0667. The van der Waals surface area contributed by atoms with Crippen molar-refractivity contribution in [3.63, 3.8) is 0 Å². The first-order valence-electron chi connectivity index (χ1n) is 5.83. The van der Waals surface area contributed by atoms with Gasteiger partial charge in [-0.1, -0.05) is 30.3 Å². The lowest BCUT2D eigenvalue weighted by atomic mass is 10.2. The number of hydrogen-bond acceptors (Lipinski definition) is 4. The first-order chi connectivity index (χ1) is 9.65. The molecule has 3 nitrogen and oxygen atoms in total. The highest BCUT2D eigenvalue weighted by Crippen LogP contribution is 2.22. The Morgan fingerprint density at radius 2 is 1.90 bits per heavy atom. The molecule has 20 heavy (non-hydrogen) atoms. The summed E-state index contributed by atoms with van der Waals surface area (Å²) in [6.07, 6.45) is 2.96. The quantitative estimate of drug-likeness (QED) is 0.465. The van der Waals surface area contributed by atoms with E-state index in [-0.39, 0.29) is 12.4 Å². The van der Waals surface area contributed by atoms with Gasteiger partial charge in [0.25, 0.3) is 0 Å². The number of hydrogen-bond donors (Lipinski definition) is 0. The van der Waals surface area contributed by atoms with E-state index >= 15 is 0 Å². The first-order valence-corrected chi connectivity index (χ1v) is 7.44. The Bertz CT molecular complexity index is 632. The molecule has 0 saturated carbocycles. The highest BCUT2D eigenvalue weighted by molar-refractivity contribution is 9.11. The molecular formula is C15H11BrO3S. The maximum atomic E-state index is 11.7. The molecule has 0 aliphatic rings. The number of rotatable bonds is 5. The fourth-order valence-electron chi connectivity index (χ4n) is 1.45. The third kappa shape index (κ3) is 4.43. The lowest BCUT2D eigenvalue weighted by molar-refractivity contribution is -0.136. The largest absolute Gasteiger partial charge is 0.454 e. The molecule has 0 saturated heterocycles. The minimum atomic E-state index is -0.530. The molecule has 0 atom stereocenters. The van der Waals surface area contributed by atoms with Crippen LogP contribution in [0.3, 0.4) is 0 Å². The molecule has 2 aromatic rings. The zero-order valence-electron chi connectivity index (χ0n) is 10.4.